The molecule has 0 aliphatic carbocycles. The number of aromatic nitrogens is 1. The van der Waals surface area contributed by atoms with E-state index in [1.54, 1.807) is 0 Å². The van der Waals surface area contributed by atoms with Crippen LogP contribution in [0.5, 0.6) is 11.5 Å². The van der Waals surface area contributed by atoms with Gasteiger partial charge in [-0.05, 0) is 13.8 Å². The zero-order valence-electron chi connectivity index (χ0n) is 8.28. The predicted octanol–water partition coefficient (Wildman–Crippen LogP) is 1.75. The largest absolute Gasteiger partial charge is 0.491 e. The van der Waals surface area contributed by atoms with Crippen LogP contribution in [0.25, 0.3) is 0 Å². The molecule has 0 aliphatic heterocycles. The summed E-state index contributed by atoms with van der Waals surface area (Å²) in [6.07, 6.45) is 3.04. The summed E-state index contributed by atoms with van der Waals surface area (Å²) in [5, 5.41) is 8.91. The number of pyridine rings is 1. The van der Waals surface area contributed by atoms with E-state index < -0.39 is 0 Å². The van der Waals surface area contributed by atoms with Gasteiger partial charge in [0.1, 0.15) is 11.6 Å². The lowest BCUT2D eigenvalue weighted by Crippen LogP contribution is -2.00. The fourth-order valence-electron chi connectivity index (χ4n) is 1.06. The van der Waals surface area contributed by atoms with Gasteiger partial charge in [0.2, 0.25) is 0 Å². The molecule has 1 rings (SSSR count). The van der Waals surface area contributed by atoms with Gasteiger partial charge in [0.15, 0.2) is 11.5 Å². The highest BCUT2D eigenvalue weighted by Gasteiger charge is 2.10. The van der Waals surface area contributed by atoms with Gasteiger partial charge >= 0.3 is 0 Å². The number of nitriles is 1. The number of ether oxygens (including phenoxy) is 2. The molecule has 0 N–H and O–H groups in total. The Morgan fingerprint density at radius 2 is 1.71 bits per heavy atom. The minimum absolute atomic E-state index is 0.406. The molecule has 4 heteroatoms. The van der Waals surface area contributed by atoms with Gasteiger partial charge in [0, 0.05) is 0 Å². The van der Waals surface area contributed by atoms with Gasteiger partial charge in [-0.3, -0.25) is 4.98 Å². The molecule has 0 radical (unpaired) electrons. The Bertz CT molecular complexity index is 320. The maximum absolute atomic E-state index is 8.91. The van der Waals surface area contributed by atoms with Crippen molar-refractivity contribution in [1.29, 1.82) is 5.26 Å². The quantitative estimate of drug-likeness (QED) is 0.729. The van der Waals surface area contributed by atoms with E-state index in [2.05, 4.69) is 4.98 Å². The second kappa shape index (κ2) is 5.07. The van der Waals surface area contributed by atoms with Gasteiger partial charge in [-0.1, -0.05) is 0 Å². The normalized spacial score (nSPS) is 9.21. The Labute approximate surface area is 83.1 Å². The number of rotatable bonds is 4. The molecule has 1 aromatic rings. The average molecular weight is 192 g/mol. The highest BCUT2D eigenvalue weighted by atomic mass is 16.5. The van der Waals surface area contributed by atoms with Crippen molar-refractivity contribution in [3.63, 3.8) is 0 Å². The summed E-state index contributed by atoms with van der Waals surface area (Å²) in [5.74, 6) is 0.946. The SMILES string of the molecule is CCOc1cncc(OCC)c1C#N. The second-order valence-corrected chi connectivity index (χ2v) is 2.49. The summed E-state index contributed by atoms with van der Waals surface area (Å²) in [5.41, 5.74) is 0.406. The Kier molecular flexibility index (Phi) is 3.74. The van der Waals surface area contributed by atoms with Crippen molar-refractivity contribution in [1.82, 2.24) is 4.98 Å². The highest BCUT2D eigenvalue weighted by molar-refractivity contribution is 5.50. The van der Waals surface area contributed by atoms with E-state index in [0.29, 0.717) is 30.3 Å². The fraction of sp³-hybridized carbons (Fsp3) is 0.400. The first-order valence-electron chi connectivity index (χ1n) is 4.47. The molecule has 74 valence electrons. The van der Waals surface area contributed by atoms with Crippen LogP contribution in [0.15, 0.2) is 12.4 Å². The third kappa shape index (κ3) is 2.13. The maximum Gasteiger partial charge on any atom is 0.159 e. The highest BCUT2D eigenvalue weighted by Crippen LogP contribution is 2.25. The molecule has 4 nitrogen and oxygen atoms in total. The molecule has 0 spiro atoms. The molecule has 0 atom stereocenters. The first-order valence-corrected chi connectivity index (χ1v) is 4.47. The van der Waals surface area contributed by atoms with Gasteiger partial charge in [-0.25, -0.2) is 0 Å². The lowest BCUT2D eigenvalue weighted by Gasteiger charge is -2.08. The van der Waals surface area contributed by atoms with Crippen LogP contribution in [0.4, 0.5) is 0 Å². The lowest BCUT2D eigenvalue weighted by molar-refractivity contribution is 0.319. The molecule has 0 aliphatic rings. The van der Waals surface area contributed by atoms with Crippen LogP contribution >= 0.6 is 0 Å². The molecule has 0 fully saturated rings. The lowest BCUT2D eigenvalue weighted by atomic mass is 10.2. The molecule has 1 aromatic heterocycles. The van der Waals surface area contributed by atoms with Crippen molar-refractivity contribution in [2.45, 2.75) is 13.8 Å². The predicted molar refractivity (Wildman–Crippen MR) is 51.3 cm³/mol. The third-order valence-corrected chi connectivity index (χ3v) is 1.59. The molecular weight excluding hydrogens is 180 g/mol. The third-order valence-electron chi connectivity index (χ3n) is 1.59. The van der Waals surface area contributed by atoms with Crippen LogP contribution < -0.4 is 9.47 Å². The standard InChI is InChI=1S/C10H12N2O2/c1-3-13-9-6-12-7-10(14-4-2)8(9)5-11/h6-7H,3-4H2,1-2H3. The summed E-state index contributed by atoms with van der Waals surface area (Å²) in [6.45, 7) is 4.72. The molecular formula is C10H12N2O2. The molecule has 0 saturated heterocycles. The Balaban J connectivity index is 3.06. The Hall–Kier alpha value is -1.76. The van der Waals surface area contributed by atoms with Crippen molar-refractivity contribution in [2.24, 2.45) is 0 Å². The molecule has 0 bridgehead atoms. The van der Waals surface area contributed by atoms with Crippen molar-refractivity contribution >= 4 is 0 Å². The number of nitrogens with zero attached hydrogens (tertiary/aromatic N) is 2. The molecule has 14 heavy (non-hydrogen) atoms. The first-order chi connectivity index (χ1) is 6.83. The second-order valence-electron chi connectivity index (χ2n) is 2.49. The van der Waals surface area contributed by atoms with Gasteiger partial charge in [0.25, 0.3) is 0 Å². The van der Waals surface area contributed by atoms with Gasteiger partial charge < -0.3 is 9.47 Å². The topological polar surface area (TPSA) is 55.1 Å². The van der Waals surface area contributed by atoms with Crippen LogP contribution in [0.2, 0.25) is 0 Å². The van der Waals surface area contributed by atoms with E-state index in [1.807, 2.05) is 19.9 Å². The van der Waals surface area contributed by atoms with E-state index in [1.165, 1.54) is 12.4 Å². The van der Waals surface area contributed by atoms with Crippen LogP contribution in [0, 0.1) is 11.3 Å². The van der Waals surface area contributed by atoms with Crippen molar-refractivity contribution < 1.29 is 9.47 Å². The Morgan fingerprint density at radius 3 is 2.07 bits per heavy atom. The molecule has 1 heterocycles. The van der Waals surface area contributed by atoms with Gasteiger partial charge in [-0.15, -0.1) is 0 Å². The monoisotopic (exact) mass is 192 g/mol. The van der Waals surface area contributed by atoms with Crippen molar-refractivity contribution in [3.8, 4) is 17.6 Å². The summed E-state index contributed by atoms with van der Waals surface area (Å²) in [6, 6.07) is 2.04. The van der Waals surface area contributed by atoms with Crippen LogP contribution in [-0.2, 0) is 0 Å². The number of hydrogen-bond acceptors (Lipinski definition) is 4. The molecule has 0 aromatic carbocycles. The average Bonchev–Trinajstić information content (AvgIpc) is 2.19. The summed E-state index contributed by atoms with van der Waals surface area (Å²) in [7, 11) is 0. The fourth-order valence-corrected chi connectivity index (χ4v) is 1.06. The number of hydrogen-bond donors (Lipinski definition) is 0. The van der Waals surface area contributed by atoms with Crippen LogP contribution in [-0.4, -0.2) is 18.2 Å². The van der Waals surface area contributed by atoms with E-state index >= 15 is 0 Å². The van der Waals surface area contributed by atoms with E-state index in [4.69, 9.17) is 14.7 Å². The molecule has 0 amide bonds. The Morgan fingerprint density at radius 1 is 1.21 bits per heavy atom. The smallest absolute Gasteiger partial charge is 0.159 e. The van der Waals surface area contributed by atoms with Gasteiger partial charge in [-0.2, -0.15) is 5.26 Å². The molecule has 0 unspecified atom stereocenters. The van der Waals surface area contributed by atoms with E-state index in [9.17, 15) is 0 Å². The van der Waals surface area contributed by atoms with Crippen molar-refractivity contribution in [3.05, 3.63) is 18.0 Å². The summed E-state index contributed by atoms with van der Waals surface area (Å²) < 4.78 is 10.5. The minimum atomic E-state index is 0.406. The maximum atomic E-state index is 8.91. The molecule has 0 saturated carbocycles. The first kappa shape index (κ1) is 10.3. The van der Waals surface area contributed by atoms with Crippen LogP contribution in [0.3, 0.4) is 0 Å². The zero-order valence-corrected chi connectivity index (χ0v) is 8.28. The minimum Gasteiger partial charge on any atom is -0.491 e. The zero-order chi connectivity index (χ0) is 10.4. The van der Waals surface area contributed by atoms with E-state index in [-0.39, 0.29) is 0 Å². The van der Waals surface area contributed by atoms with Gasteiger partial charge in [0.05, 0.1) is 25.6 Å². The summed E-state index contributed by atoms with van der Waals surface area (Å²) >= 11 is 0. The van der Waals surface area contributed by atoms with Crippen molar-refractivity contribution in [2.75, 3.05) is 13.2 Å². The van der Waals surface area contributed by atoms with E-state index in [0.717, 1.165) is 0 Å². The van der Waals surface area contributed by atoms with Crippen LogP contribution in [0.1, 0.15) is 19.4 Å². The summed E-state index contributed by atoms with van der Waals surface area (Å²) in [4.78, 5) is 3.93.